The number of anilines is 1. The Bertz CT molecular complexity index is 1160. The number of aliphatic hydroxyl groups excluding tert-OH is 1. The second-order valence-corrected chi connectivity index (χ2v) is 8.48. The summed E-state index contributed by atoms with van der Waals surface area (Å²) in [4.78, 5) is 31.8. The maximum Gasteiger partial charge on any atom is 0.322 e. The van der Waals surface area contributed by atoms with Crippen LogP contribution in [0, 0.1) is 18.3 Å². The molecule has 2 atom stereocenters. The van der Waals surface area contributed by atoms with E-state index in [-0.39, 0.29) is 42.6 Å². The molecule has 0 spiro atoms. The van der Waals surface area contributed by atoms with Crippen LogP contribution in [0.4, 0.5) is 29.3 Å². The summed E-state index contributed by atoms with van der Waals surface area (Å²) in [5, 5.41) is 17.4. The number of urea groups is 1. The number of halogens is 3. The normalized spacial score (nSPS) is 18.7. The number of aliphatic hydroxyl groups is 1. The standard InChI is InChI=1S/C22H23F3N6O3/c1-26-17-7-13(3-4-15(17)23)27-22(34)30-6-5-16-14(11-30)20-21(33)29(2)9-12(10-31(20)28-16)18(32)8-19(24)25/h3-4,7,12,18-19,32H,5-6,8-11H2,2H3,(H,27,34). The number of carbonyl (C=O) groups excluding carboxylic acids is 2. The summed E-state index contributed by atoms with van der Waals surface area (Å²) < 4.78 is 40.6. The fourth-order valence-corrected chi connectivity index (χ4v) is 4.36. The molecule has 12 heteroatoms. The number of nitrogens with zero attached hydrogens (tertiary/aromatic N) is 5. The van der Waals surface area contributed by atoms with Crippen LogP contribution in [-0.2, 0) is 19.5 Å². The maximum absolute atomic E-state index is 13.6. The molecule has 1 aromatic heterocycles. The van der Waals surface area contributed by atoms with Crippen LogP contribution < -0.4 is 5.32 Å². The molecule has 0 fully saturated rings. The molecular formula is C22H23F3N6O3. The molecule has 9 nitrogen and oxygen atoms in total. The fraction of sp³-hybridized carbons (Fsp3) is 0.455. The Hall–Kier alpha value is -3.59. The smallest absolute Gasteiger partial charge is 0.322 e. The van der Waals surface area contributed by atoms with Gasteiger partial charge in [0.15, 0.2) is 0 Å². The van der Waals surface area contributed by atoms with Gasteiger partial charge < -0.3 is 20.2 Å². The average Bonchev–Trinajstić information content (AvgIpc) is 3.09. The Labute approximate surface area is 193 Å². The Kier molecular flexibility index (Phi) is 6.47. The van der Waals surface area contributed by atoms with Crippen molar-refractivity contribution in [2.24, 2.45) is 5.92 Å². The van der Waals surface area contributed by atoms with E-state index in [4.69, 9.17) is 6.57 Å². The number of hydrogen-bond acceptors (Lipinski definition) is 4. The topological polar surface area (TPSA) is 95.1 Å². The number of hydrogen-bond donors (Lipinski definition) is 2. The van der Waals surface area contributed by atoms with Crippen LogP contribution in [0.25, 0.3) is 4.85 Å². The van der Waals surface area contributed by atoms with Crippen molar-refractivity contribution in [3.8, 4) is 0 Å². The summed E-state index contributed by atoms with van der Waals surface area (Å²) in [5.74, 6) is -1.65. The molecule has 0 saturated heterocycles. The minimum Gasteiger partial charge on any atom is -0.392 e. The highest BCUT2D eigenvalue weighted by atomic mass is 19.3. The molecule has 0 aliphatic carbocycles. The van der Waals surface area contributed by atoms with E-state index in [1.165, 1.54) is 33.7 Å². The van der Waals surface area contributed by atoms with Crippen LogP contribution in [0.15, 0.2) is 18.2 Å². The highest BCUT2D eigenvalue weighted by Crippen LogP contribution is 2.29. The third-order valence-corrected chi connectivity index (χ3v) is 6.14. The van der Waals surface area contributed by atoms with Gasteiger partial charge in [0.2, 0.25) is 12.1 Å². The van der Waals surface area contributed by atoms with Crippen molar-refractivity contribution >= 4 is 23.3 Å². The Morgan fingerprint density at radius 1 is 1.38 bits per heavy atom. The highest BCUT2D eigenvalue weighted by molar-refractivity contribution is 5.95. The minimum absolute atomic E-state index is 0.0944. The van der Waals surface area contributed by atoms with E-state index in [0.717, 1.165) is 6.07 Å². The van der Waals surface area contributed by atoms with Crippen molar-refractivity contribution in [3.05, 3.63) is 52.4 Å². The van der Waals surface area contributed by atoms with E-state index in [2.05, 4.69) is 15.3 Å². The number of fused-ring (bicyclic) bond motifs is 3. The molecule has 0 radical (unpaired) electrons. The molecule has 1 aromatic carbocycles. The van der Waals surface area contributed by atoms with Gasteiger partial charge in [-0.3, -0.25) is 9.48 Å². The van der Waals surface area contributed by atoms with Crippen molar-refractivity contribution in [2.45, 2.75) is 38.5 Å². The minimum atomic E-state index is -2.66. The van der Waals surface area contributed by atoms with Gasteiger partial charge in [-0.2, -0.15) is 5.10 Å². The van der Waals surface area contributed by atoms with E-state index in [0.29, 0.717) is 24.2 Å². The van der Waals surface area contributed by atoms with Gasteiger partial charge >= 0.3 is 6.03 Å². The molecular weight excluding hydrogens is 453 g/mol. The number of aromatic nitrogens is 2. The molecule has 180 valence electrons. The molecule has 34 heavy (non-hydrogen) atoms. The zero-order chi connectivity index (χ0) is 24.6. The molecule has 2 aliphatic heterocycles. The van der Waals surface area contributed by atoms with Crippen LogP contribution in [0.2, 0.25) is 0 Å². The first-order valence-corrected chi connectivity index (χ1v) is 10.7. The van der Waals surface area contributed by atoms with Crippen LogP contribution >= 0.6 is 0 Å². The van der Waals surface area contributed by atoms with Gasteiger partial charge in [-0.1, -0.05) is 0 Å². The lowest BCUT2D eigenvalue weighted by atomic mass is 9.99. The lowest BCUT2D eigenvalue weighted by Crippen LogP contribution is -2.40. The van der Waals surface area contributed by atoms with E-state index >= 15 is 0 Å². The third kappa shape index (κ3) is 4.56. The summed E-state index contributed by atoms with van der Waals surface area (Å²) in [5.41, 5.74) is 1.55. The Morgan fingerprint density at radius 3 is 2.85 bits per heavy atom. The quantitative estimate of drug-likeness (QED) is 0.664. The molecule has 2 unspecified atom stereocenters. The Balaban J connectivity index is 1.55. The van der Waals surface area contributed by atoms with Crippen LogP contribution in [0.5, 0.6) is 0 Å². The first-order valence-electron chi connectivity index (χ1n) is 10.7. The lowest BCUT2D eigenvalue weighted by Gasteiger charge is -2.28. The summed E-state index contributed by atoms with van der Waals surface area (Å²) >= 11 is 0. The third-order valence-electron chi connectivity index (χ3n) is 6.14. The van der Waals surface area contributed by atoms with E-state index in [1.54, 1.807) is 0 Å². The Morgan fingerprint density at radius 2 is 2.15 bits per heavy atom. The molecule has 2 aliphatic rings. The zero-order valence-corrected chi connectivity index (χ0v) is 18.3. The highest BCUT2D eigenvalue weighted by Gasteiger charge is 2.37. The second kappa shape index (κ2) is 9.34. The summed E-state index contributed by atoms with van der Waals surface area (Å²) in [6.45, 7) is 7.61. The predicted octanol–water partition coefficient (Wildman–Crippen LogP) is 2.88. The zero-order valence-electron chi connectivity index (χ0n) is 18.3. The van der Waals surface area contributed by atoms with Gasteiger partial charge in [0.05, 0.1) is 24.9 Å². The number of rotatable bonds is 4. The number of amides is 3. The summed E-state index contributed by atoms with van der Waals surface area (Å²) in [6, 6.07) is 3.22. The number of nitrogens with one attached hydrogen (secondary N) is 1. The van der Waals surface area contributed by atoms with Gasteiger partial charge in [0.1, 0.15) is 11.5 Å². The SMILES string of the molecule is [C-]#[N+]c1cc(NC(=O)N2CCc3nn4c(c3C2)C(=O)N(C)CC(C(O)CC(F)F)C4)ccc1F. The molecule has 3 heterocycles. The van der Waals surface area contributed by atoms with Gasteiger partial charge in [-0.25, -0.2) is 22.8 Å². The number of carbonyl (C=O) groups is 2. The first kappa shape index (κ1) is 23.6. The maximum atomic E-state index is 13.6. The van der Waals surface area contributed by atoms with Gasteiger partial charge in [0.25, 0.3) is 5.91 Å². The molecule has 4 rings (SSSR count). The van der Waals surface area contributed by atoms with E-state index < -0.39 is 36.7 Å². The molecule has 2 aromatic rings. The van der Waals surface area contributed by atoms with Crippen LogP contribution in [0.1, 0.15) is 28.2 Å². The average molecular weight is 476 g/mol. The van der Waals surface area contributed by atoms with Crippen molar-refractivity contribution in [3.63, 3.8) is 0 Å². The van der Waals surface area contributed by atoms with Gasteiger partial charge in [-0.15, -0.1) is 0 Å². The summed E-state index contributed by atoms with van der Waals surface area (Å²) in [6.07, 6.45) is -4.26. The van der Waals surface area contributed by atoms with Crippen molar-refractivity contribution in [1.82, 2.24) is 19.6 Å². The van der Waals surface area contributed by atoms with Gasteiger partial charge in [0, 0.05) is 56.7 Å². The predicted molar refractivity (Wildman–Crippen MR) is 115 cm³/mol. The molecule has 0 saturated carbocycles. The van der Waals surface area contributed by atoms with Gasteiger partial charge in [-0.05, 0) is 18.2 Å². The van der Waals surface area contributed by atoms with Crippen molar-refractivity contribution in [2.75, 3.05) is 25.5 Å². The number of alkyl halides is 2. The van der Waals surface area contributed by atoms with E-state index in [9.17, 15) is 27.9 Å². The molecule has 3 amide bonds. The second-order valence-electron chi connectivity index (χ2n) is 8.48. The number of benzene rings is 1. The molecule has 2 N–H and O–H groups in total. The van der Waals surface area contributed by atoms with Crippen molar-refractivity contribution < 1.29 is 27.9 Å². The van der Waals surface area contributed by atoms with Crippen molar-refractivity contribution in [1.29, 1.82) is 0 Å². The summed E-state index contributed by atoms with van der Waals surface area (Å²) in [7, 11) is 1.54. The first-order chi connectivity index (χ1) is 16.2. The monoisotopic (exact) mass is 476 g/mol. The van der Waals surface area contributed by atoms with Crippen LogP contribution in [0.3, 0.4) is 0 Å². The lowest BCUT2D eigenvalue weighted by molar-refractivity contribution is 0.0168. The van der Waals surface area contributed by atoms with E-state index in [1.807, 2.05) is 0 Å². The fourth-order valence-electron chi connectivity index (χ4n) is 4.36. The molecule has 0 bridgehead atoms. The van der Waals surface area contributed by atoms with Crippen LogP contribution in [-0.4, -0.2) is 69.3 Å². The largest absolute Gasteiger partial charge is 0.392 e.